The number of hydrogen-bond acceptors (Lipinski definition) is 3. The van der Waals surface area contributed by atoms with Crippen LogP contribution in [-0.2, 0) is 6.42 Å². The minimum Gasteiger partial charge on any atom is -0.324 e. The minimum atomic E-state index is -0.0763. The Bertz CT molecular complexity index is 693. The molecule has 2 N–H and O–H groups in total. The highest BCUT2D eigenvalue weighted by Crippen LogP contribution is 2.17. The van der Waals surface area contributed by atoms with E-state index in [1.807, 2.05) is 53.1 Å². The van der Waals surface area contributed by atoms with Crippen molar-refractivity contribution >= 4 is 21.6 Å². The number of nitrogens with two attached hydrogens (primary N) is 1. The van der Waals surface area contributed by atoms with E-state index < -0.39 is 0 Å². The van der Waals surface area contributed by atoms with Crippen molar-refractivity contribution in [3.05, 3.63) is 64.5 Å². The van der Waals surface area contributed by atoms with Crippen LogP contribution in [-0.4, -0.2) is 14.6 Å². The number of fused-ring (bicyclic) bond motifs is 1. The van der Waals surface area contributed by atoms with Gasteiger partial charge in [-0.1, -0.05) is 30.3 Å². The number of nitrogens with zero attached hydrogens (tertiary/aromatic N) is 3. The van der Waals surface area contributed by atoms with Crippen molar-refractivity contribution in [1.29, 1.82) is 0 Å². The Hall–Kier alpha value is -1.72. The lowest BCUT2D eigenvalue weighted by Crippen LogP contribution is -2.15. The van der Waals surface area contributed by atoms with Crippen molar-refractivity contribution in [1.82, 2.24) is 14.6 Å². The third kappa shape index (κ3) is 2.52. The molecule has 0 radical (unpaired) electrons. The monoisotopic (exact) mass is 316 g/mol. The number of hydrogen-bond donors (Lipinski definition) is 1. The summed E-state index contributed by atoms with van der Waals surface area (Å²) in [6.45, 7) is 0. The van der Waals surface area contributed by atoms with Crippen LogP contribution in [0.4, 0.5) is 0 Å². The molecule has 96 valence electrons. The first-order chi connectivity index (χ1) is 9.24. The van der Waals surface area contributed by atoms with Gasteiger partial charge in [-0.25, -0.2) is 0 Å². The lowest BCUT2D eigenvalue weighted by molar-refractivity contribution is 0.680. The molecule has 19 heavy (non-hydrogen) atoms. The Balaban J connectivity index is 1.91. The first-order valence-corrected chi connectivity index (χ1v) is 6.83. The van der Waals surface area contributed by atoms with Crippen molar-refractivity contribution in [2.24, 2.45) is 5.73 Å². The van der Waals surface area contributed by atoms with Gasteiger partial charge in [0, 0.05) is 23.1 Å². The SMILES string of the molecule is NC(Cc1nnc2ccc(Br)cn12)c1ccccc1. The van der Waals surface area contributed by atoms with Crippen molar-refractivity contribution < 1.29 is 0 Å². The fourth-order valence-corrected chi connectivity index (χ4v) is 2.40. The highest BCUT2D eigenvalue weighted by Gasteiger charge is 2.12. The van der Waals surface area contributed by atoms with Gasteiger partial charge in [0.1, 0.15) is 5.82 Å². The largest absolute Gasteiger partial charge is 0.324 e. The quantitative estimate of drug-likeness (QED) is 0.808. The molecule has 0 saturated heterocycles. The Kier molecular flexibility index (Phi) is 3.31. The van der Waals surface area contributed by atoms with E-state index in [4.69, 9.17) is 5.73 Å². The molecule has 5 heteroatoms. The van der Waals surface area contributed by atoms with Gasteiger partial charge in [0.15, 0.2) is 5.65 Å². The van der Waals surface area contributed by atoms with Crippen molar-refractivity contribution in [2.45, 2.75) is 12.5 Å². The van der Waals surface area contributed by atoms with Gasteiger partial charge < -0.3 is 5.73 Å². The molecule has 0 aliphatic heterocycles. The van der Waals surface area contributed by atoms with E-state index in [1.165, 1.54) is 0 Å². The fraction of sp³-hybridized carbons (Fsp3) is 0.143. The molecule has 0 amide bonds. The maximum Gasteiger partial charge on any atom is 0.160 e. The van der Waals surface area contributed by atoms with E-state index in [9.17, 15) is 0 Å². The molecule has 3 aromatic rings. The molecule has 4 nitrogen and oxygen atoms in total. The topological polar surface area (TPSA) is 56.2 Å². The standard InChI is InChI=1S/C14H13BrN4/c15-11-6-7-13-17-18-14(19(13)9-11)8-12(16)10-4-2-1-3-5-10/h1-7,9,12H,8,16H2. The van der Waals surface area contributed by atoms with Gasteiger partial charge in [-0.2, -0.15) is 0 Å². The van der Waals surface area contributed by atoms with Crippen LogP contribution in [0.3, 0.4) is 0 Å². The third-order valence-corrected chi connectivity index (χ3v) is 3.54. The summed E-state index contributed by atoms with van der Waals surface area (Å²) in [5, 5.41) is 8.36. The molecule has 0 bridgehead atoms. The Morgan fingerprint density at radius 1 is 1.11 bits per heavy atom. The highest BCUT2D eigenvalue weighted by atomic mass is 79.9. The van der Waals surface area contributed by atoms with E-state index in [-0.39, 0.29) is 6.04 Å². The van der Waals surface area contributed by atoms with Gasteiger partial charge in [0.25, 0.3) is 0 Å². The average Bonchev–Trinajstić information content (AvgIpc) is 2.82. The van der Waals surface area contributed by atoms with Gasteiger partial charge in [0.2, 0.25) is 0 Å². The minimum absolute atomic E-state index is 0.0763. The number of benzene rings is 1. The van der Waals surface area contributed by atoms with E-state index in [0.29, 0.717) is 6.42 Å². The summed E-state index contributed by atoms with van der Waals surface area (Å²) in [6.07, 6.45) is 2.62. The smallest absolute Gasteiger partial charge is 0.160 e. The van der Waals surface area contributed by atoms with Gasteiger partial charge in [-0.3, -0.25) is 4.40 Å². The van der Waals surface area contributed by atoms with Crippen LogP contribution < -0.4 is 5.73 Å². The first-order valence-electron chi connectivity index (χ1n) is 6.04. The van der Waals surface area contributed by atoms with Crippen LogP contribution in [0.5, 0.6) is 0 Å². The molecule has 2 heterocycles. The second-order valence-corrected chi connectivity index (χ2v) is 5.33. The van der Waals surface area contributed by atoms with E-state index in [1.54, 1.807) is 0 Å². The van der Waals surface area contributed by atoms with Crippen LogP contribution in [0.15, 0.2) is 53.1 Å². The number of rotatable bonds is 3. The molecule has 0 spiro atoms. The average molecular weight is 317 g/mol. The van der Waals surface area contributed by atoms with Crippen LogP contribution >= 0.6 is 15.9 Å². The molecule has 0 saturated carbocycles. The number of halogens is 1. The molecule has 0 aliphatic rings. The Labute approximate surface area is 119 Å². The summed E-state index contributed by atoms with van der Waals surface area (Å²) in [5.41, 5.74) is 8.16. The third-order valence-electron chi connectivity index (χ3n) is 3.07. The predicted octanol–water partition coefficient (Wildman–Crippen LogP) is 2.73. The molecule has 2 aromatic heterocycles. The van der Waals surface area contributed by atoms with Crippen LogP contribution in [0.1, 0.15) is 17.4 Å². The molecular weight excluding hydrogens is 304 g/mol. The van der Waals surface area contributed by atoms with Crippen LogP contribution in [0.2, 0.25) is 0 Å². The lowest BCUT2D eigenvalue weighted by atomic mass is 10.0. The number of pyridine rings is 1. The van der Waals surface area contributed by atoms with Gasteiger partial charge >= 0.3 is 0 Å². The van der Waals surface area contributed by atoms with E-state index in [0.717, 1.165) is 21.5 Å². The zero-order valence-corrected chi connectivity index (χ0v) is 11.8. The zero-order valence-electron chi connectivity index (χ0n) is 10.2. The normalized spacial score (nSPS) is 12.7. The fourth-order valence-electron chi connectivity index (χ4n) is 2.07. The van der Waals surface area contributed by atoms with Crippen molar-refractivity contribution in [2.75, 3.05) is 0 Å². The summed E-state index contributed by atoms with van der Waals surface area (Å²) in [6, 6.07) is 13.8. The molecule has 0 aliphatic carbocycles. The summed E-state index contributed by atoms with van der Waals surface area (Å²) < 4.78 is 2.96. The second kappa shape index (κ2) is 5.11. The van der Waals surface area contributed by atoms with Gasteiger partial charge in [-0.05, 0) is 33.6 Å². The Morgan fingerprint density at radius 3 is 2.68 bits per heavy atom. The van der Waals surface area contributed by atoms with Gasteiger partial charge in [0.05, 0.1) is 0 Å². The molecule has 1 atom stereocenters. The van der Waals surface area contributed by atoms with Gasteiger partial charge in [-0.15, -0.1) is 10.2 Å². The molecule has 3 rings (SSSR count). The number of aromatic nitrogens is 3. The molecular formula is C14H13BrN4. The first kappa shape index (κ1) is 12.3. The van der Waals surface area contributed by atoms with E-state index in [2.05, 4.69) is 26.1 Å². The second-order valence-electron chi connectivity index (χ2n) is 4.41. The molecule has 1 unspecified atom stereocenters. The van der Waals surface area contributed by atoms with Crippen LogP contribution in [0, 0.1) is 0 Å². The molecule has 1 aromatic carbocycles. The Morgan fingerprint density at radius 2 is 1.89 bits per heavy atom. The predicted molar refractivity (Wildman–Crippen MR) is 77.8 cm³/mol. The summed E-state index contributed by atoms with van der Waals surface area (Å²) in [5.74, 6) is 0.868. The van der Waals surface area contributed by atoms with E-state index >= 15 is 0 Å². The zero-order chi connectivity index (χ0) is 13.2. The lowest BCUT2D eigenvalue weighted by Gasteiger charge is -2.10. The van der Waals surface area contributed by atoms with Crippen molar-refractivity contribution in [3.63, 3.8) is 0 Å². The van der Waals surface area contributed by atoms with Crippen molar-refractivity contribution in [3.8, 4) is 0 Å². The summed E-state index contributed by atoms with van der Waals surface area (Å²) in [4.78, 5) is 0. The summed E-state index contributed by atoms with van der Waals surface area (Å²) >= 11 is 3.45. The van der Waals surface area contributed by atoms with Crippen LogP contribution in [0.25, 0.3) is 5.65 Å². The molecule has 0 fully saturated rings. The maximum absolute atomic E-state index is 6.22. The maximum atomic E-state index is 6.22. The summed E-state index contributed by atoms with van der Waals surface area (Å²) in [7, 11) is 0. The highest BCUT2D eigenvalue weighted by molar-refractivity contribution is 9.10.